The van der Waals surface area contributed by atoms with E-state index in [2.05, 4.69) is 4.98 Å². The van der Waals surface area contributed by atoms with Crippen LogP contribution in [0.15, 0.2) is 30.5 Å². The lowest BCUT2D eigenvalue weighted by molar-refractivity contribution is 0.0472. The van der Waals surface area contributed by atoms with E-state index >= 15 is 0 Å². The van der Waals surface area contributed by atoms with Crippen molar-refractivity contribution in [1.29, 1.82) is 0 Å². The summed E-state index contributed by atoms with van der Waals surface area (Å²) in [4.78, 5) is 15.9. The van der Waals surface area contributed by atoms with E-state index in [4.69, 9.17) is 30.5 Å². The number of carbonyl (C=O) groups excluding carboxylic acids is 1. The molecule has 3 rings (SSSR count). The van der Waals surface area contributed by atoms with Crippen LogP contribution in [0.25, 0.3) is 0 Å². The molecule has 0 radical (unpaired) electrons. The van der Waals surface area contributed by atoms with Crippen molar-refractivity contribution in [3.8, 4) is 17.4 Å². The highest BCUT2D eigenvalue weighted by Gasteiger charge is 2.19. The van der Waals surface area contributed by atoms with Gasteiger partial charge < -0.3 is 18.9 Å². The molecule has 1 aliphatic heterocycles. The normalized spacial score (nSPS) is 12.1. The minimum Gasteiger partial charge on any atom is -0.481 e. The minimum absolute atomic E-state index is 0.0707. The first kappa shape index (κ1) is 14.5. The number of nitrogens with zero attached hydrogens (tertiary/aromatic N) is 1. The number of benzene rings is 1. The van der Waals surface area contributed by atoms with Crippen molar-refractivity contribution in [2.45, 2.75) is 6.61 Å². The summed E-state index contributed by atoms with van der Waals surface area (Å²) in [7, 11) is 1.50. The van der Waals surface area contributed by atoms with E-state index in [1.54, 1.807) is 24.3 Å². The molecule has 22 heavy (non-hydrogen) atoms. The first-order valence-corrected chi connectivity index (χ1v) is 6.80. The monoisotopic (exact) mass is 321 g/mol. The molecule has 2 heterocycles. The van der Waals surface area contributed by atoms with E-state index in [0.29, 0.717) is 33.5 Å². The number of methoxy groups -OCH3 is 1. The van der Waals surface area contributed by atoms with Gasteiger partial charge in [0.15, 0.2) is 11.5 Å². The van der Waals surface area contributed by atoms with Crippen molar-refractivity contribution < 1.29 is 23.7 Å². The summed E-state index contributed by atoms with van der Waals surface area (Å²) in [6, 6.07) is 6.58. The first-order chi connectivity index (χ1) is 10.7. The fourth-order valence-corrected chi connectivity index (χ4v) is 2.25. The molecule has 0 N–H and O–H groups in total. The molecule has 0 fully saturated rings. The van der Waals surface area contributed by atoms with E-state index in [9.17, 15) is 4.79 Å². The minimum atomic E-state index is -0.482. The summed E-state index contributed by atoms with van der Waals surface area (Å²) in [6.45, 7) is 0.205. The molecule has 0 spiro atoms. The Morgan fingerprint density at radius 3 is 2.95 bits per heavy atom. The Hall–Kier alpha value is -2.47. The molecule has 0 unspecified atom stereocenters. The van der Waals surface area contributed by atoms with E-state index in [0.717, 1.165) is 0 Å². The van der Waals surface area contributed by atoms with Gasteiger partial charge in [0.1, 0.15) is 6.61 Å². The fourth-order valence-electron chi connectivity index (χ4n) is 1.96. The zero-order chi connectivity index (χ0) is 15.5. The van der Waals surface area contributed by atoms with Crippen molar-refractivity contribution in [3.05, 3.63) is 46.6 Å². The Kier molecular flexibility index (Phi) is 4.02. The summed E-state index contributed by atoms with van der Waals surface area (Å²) in [6.07, 6.45) is 1.40. The van der Waals surface area contributed by atoms with Crippen LogP contribution in [0.5, 0.6) is 17.4 Å². The Labute approximate surface area is 131 Å². The second-order valence-electron chi connectivity index (χ2n) is 4.48. The Balaban J connectivity index is 1.67. The molecule has 0 bridgehead atoms. The molecular weight excluding hydrogens is 310 g/mol. The maximum Gasteiger partial charge on any atom is 0.340 e. The van der Waals surface area contributed by atoms with E-state index in [-0.39, 0.29) is 13.4 Å². The van der Waals surface area contributed by atoms with Crippen molar-refractivity contribution in [2.75, 3.05) is 13.9 Å². The zero-order valence-electron chi connectivity index (χ0n) is 11.7. The van der Waals surface area contributed by atoms with Crippen molar-refractivity contribution >= 4 is 17.6 Å². The largest absolute Gasteiger partial charge is 0.481 e. The lowest BCUT2D eigenvalue weighted by Crippen LogP contribution is -2.06. The summed E-state index contributed by atoms with van der Waals surface area (Å²) in [5.74, 6) is 1.00. The lowest BCUT2D eigenvalue weighted by Gasteiger charge is -2.07. The van der Waals surface area contributed by atoms with Gasteiger partial charge in [-0.2, -0.15) is 0 Å². The predicted molar refractivity (Wildman–Crippen MR) is 77.5 cm³/mol. The van der Waals surface area contributed by atoms with Crippen LogP contribution in [-0.4, -0.2) is 24.9 Å². The van der Waals surface area contributed by atoms with Gasteiger partial charge in [-0.05, 0) is 23.8 Å². The van der Waals surface area contributed by atoms with Gasteiger partial charge in [-0.3, -0.25) is 0 Å². The maximum atomic E-state index is 11.9. The second-order valence-corrected chi connectivity index (χ2v) is 4.88. The number of rotatable bonds is 4. The molecule has 114 valence electrons. The molecule has 1 aliphatic rings. The van der Waals surface area contributed by atoms with Gasteiger partial charge >= 0.3 is 5.97 Å². The lowest BCUT2D eigenvalue weighted by atomic mass is 10.2. The fraction of sp³-hybridized carbons (Fsp3) is 0.200. The predicted octanol–water partition coefficient (Wildman–Crippen LogP) is 2.83. The Bertz CT molecular complexity index is 702. The molecule has 0 aliphatic carbocycles. The molecule has 1 aromatic carbocycles. The third-order valence-electron chi connectivity index (χ3n) is 3.04. The van der Waals surface area contributed by atoms with Gasteiger partial charge in [0.05, 0.1) is 17.7 Å². The van der Waals surface area contributed by atoms with E-state index in [1.165, 1.54) is 13.3 Å². The SMILES string of the molecule is COc1ccc(C(=O)OCc2cc(Cl)c3c(c2)OCO3)cn1. The number of esters is 1. The topological polar surface area (TPSA) is 66.9 Å². The van der Waals surface area contributed by atoms with Gasteiger partial charge in [-0.15, -0.1) is 0 Å². The van der Waals surface area contributed by atoms with Gasteiger partial charge in [0, 0.05) is 12.3 Å². The highest BCUT2D eigenvalue weighted by molar-refractivity contribution is 6.32. The van der Waals surface area contributed by atoms with Gasteiger partial charge in [0.2, 0.25) is 12.7 Å². The smallest absolute Gasteiger partial charge is 0.340 e. The first-order valence-electron chi connectivity index (χ1n) is 6.42. The highest BCUT2D eigenvalue weighted by atomic mass is 35.5. The number of aromatic nitrogens is 1. The van der Waals surface area contributed by atoms with Crippen LogP contribution in [0.3, 0.4) is 0 Å². The molecule has 6 nitrogen and oxygen atoms in total. The third-order valence-corrected chi connectivity index (χ3v) is 3.32. The summed E-state index contributed by atoms with van der Waals surface area (Å²) < 4.78 is 20.6. The molecule has 0 saturated carbocycles. The quantitative estimate of drug-likeness (QED) is 0.807. The van der Waals surface area contributed by atoms with Crippen LogP contribution >= 0.6 is 11.6 Å². The molecule has 0 atom stereocenters. The molecular formula is C15H12ClNO5. The summed E-state index contributed by atoms with van der Waals surface area (Å²) in [5, 5.41) is 0.423. The van der Waals surface area contributed by atoms with Gasteiger partial charge in [-0.1, -0.05) is 11.6 Å². The van der Waals surface area contributed by atoms with Crippen LogP contribution in [0, 0.1) is 0 Å². The molecule has 7 heteroatoms. The number of halogens is 1. The molecule has 1 aromatic heterocycles. The van der Waals surface area contributed by atoms with Gasteiger partial charge in [-0.25, -0.2) is 9.78 Å². The van der Waals surface area contributed by atoms with Crippen molar-refractivity contribution in [3.63, 3.8) is 0 Å². The number of hydrogen-bond acceptors (Lipinski definition) is 6. The summed E-state index contributed by atoms with van der Waals surface area (Å²) >= 11 is 6.07. The van der Waals surface area contributed by atoms with Crippen LogP contribution in [0.2, 0.25) is 5.02 Å². The molecule has 0 saturated heterocycles. The maximum absolute atomic E-state index is 11.9. The number of fused-ring (bicyclic) bond motifs is 1. The van der Waals surface area contributed by atoms with Crippen LogP contribution in [0.4, 0.5) is 0 Å². The Morgan fingerprint density at radius 1 is 1.36 bits per heavy atom. The van der Waals surface area contributed by atoms with Crippen molar-refractivity contribution in [2.24, 2.45) is 0 Å². The third kappa shape index (κ3) is 2.92. The van der Waals surface area contributed by atoms with E-state index in [1.807, 2.05) is 0 Å². The second kappa shape index (κ2) is 6.11. The average molecular weight is 322 g/mol. The van der Waals surface area contributed by atoms with Crippen LogP contribution in [-0.2, 0) is 11.3 Å². The average Bonchev–Trinajstić information content (AvgIpc) is 3.02. The number of pyridine rings is 1. The zero-order valence-corrected chi connectivity index (χ0v) is 12.4. The molecule has 0 amide bonds. The van der Waals surface area contributed by atoms with E-state index < -0.39 is 5.97 Å². The van der Waals surface area contributed by atoms with Gasteiger partial charge in [0.25, 0.3) is 0 Å². The highest BCUT2D eigenvalue weighted by Crippen LogP contribution is 2.39. The molecule has 2 aromatic rings. The standard InChI is InChI=1S/C15H12ClNO5/c1-19-13-3-2-10(6-17-13)15(18)20-7-9-4-11(16)14-12(5-9)21-8-22-14/h2-6H,7-8H2,1H3. The number of hydrogen-bond donors (Lipinski definition) is 0. The number of ether oxygens (including phenoxy) is 4. The number of carbonyl (C=O) groups is 1. The van der Waals surface area contributed by atoms with Crippen molar-refractivity contribution in [1.82, 2.24) is 4.98 Å². The van der Waals surface area contributed by atoms with Crippen LogP contribution in [0.1, 0.15) is 15.9 Å². The summed E-state index contributed by atoms with van der Waals surface area (Å²) in [5.41, 5.74) is 1.05. The van der Waals surface area contributed by atoms with Crippen LogP contribution < -0.4 is 14.2 Å². The Morgan fingerprint density at radius 2 is 2.23 bits per heavy atom.